The van der Waals surface area contributed by atoms with Crippen LogP contribution in [-0.2, 0) is 16.9 Å². The number of carbonyl (C=O) groups is 1. The summed E-state index contributed by atoms with van der Waals surface area (Å²) in [5.74, 6) is 0.0775. The summed E-state index contributed by atoms with van der Waals surface area (Å²) in [6.07, 6.45) is 1.75. The Bertz CT molecular complexity index is 1010. The molecule has 4 nitrogen and oxygen atoms in total. The van der Waals surface area contributed by atoms with Crippen molar-refractivity contribution in [2.24, 2.45) is 0 Å². The highest BCUT2D eigenvalue weighted by Gasteiger charge is 2.46. The number of aryl methyl sites for hydroxylation is 2. The van der Waals surface area contributed by atoms with Gasteiger partial charge in [-0.1, -0.05) is 48.5 Å². The number of likely N-dealkylation sites (tertiary alicyclic amines) is 1. The van der Waals surface area contributed by atoms with Crippen LogP contribution in [0.2, 0.25) is 0 Å². The van der Waals surface area contributed by atoms with Gasteiger partial charge in [-0.2, -0.15) is 0 Å². The minimum atomic E-state index is -0.399. The van der Waals surface area contributed by atoms with Gasteiger partial charge in [-0.15, -0.1) is 11.3 Å². The monoisotopic (exact) mass is 419 g/mol. The van der Waals surface area contributed by atoms with Crippen LogP contribution >= 0.6 is 11.3 Å². The van der Waals surface area contributed by atoms with Crippen molar-refractivity contribution in [1.29, 1.82) is 0 Å². The largest absolute Gasteiger partial charge is 0.300 e. The molecule has 30 heavy (non-hydrogen) atoms. The van der Waals surface area contributed by atoms with Crippen LogP contribution in [-0.4, -0.2) is 28.9 Å². The van der Waals surface area contributed by atoms with Crippen molar-refractivity contribution >= 4 is 22.9 Å². The number of rotatable bonds is 5. The molecule has 2 heterocycles. The van der Waals surface area contributed by atoms with Crippen molar-refractivity contribution in [2.45, 2.75) is 45.7 Å². The minimum absolute atomic E-state index is 0.0775. The maximum absolute atomic E-state index is 13.0. The number of anilines is 1. The fraction of sp³-hybridized carbons (Fsp3) is 0.360. The second kappa shape index (κ2) is 8.70. The Morgan fingerprint density at radius 1 is 1.07 bits per heavy atom. The van der Waals surface area contributed by atoms with Gasteiger partial charge in [-0.05, 0) is 43.9 Å². The molecule has 0 N–H and O–H groups in total. The predicted molar refractivity (Wildman–Crippen MR) is 124 cm³/mol. The lowest BCUT2D eigenvalue weighted by atomic mass is 9.84. The van der Waals surface area contributed by atoms with Crippen molar-refractivity contribution in [2.75, 3.05) is 18.0 Å². The highest BCUT2D eigenvalue weighted by molar-refractivity contribution is 7.09. The van der Waals surface area contributed by atoms with Crippen molar-refractivity contribution in [3.05, 3.63) is 81.8 Å². The van der Waals surface area contributed by atoms with Gasteiger partial charge in [0.1, 0.15) is 10.5 Å². The zero-order valence-electron chi connectivity index (χ0n) is 18.0. The highest BCUT2D eigenvalue weighted by Crippen LogP contribution is 2.44. The van der Waals surface area contributed by atoms with Crippen LogP contribution in [0, 0.1) is 13.8 Å². The van der Waals surface area contributed by atoms with Gasteiger partial charge in [0.15, 0.2) is 0 Å². The van der Waals surface area contributed by atoms with Gasteiger partial charge < -0.3 is 0 Å². The molecule has 2 aromatic carbocycles. The summed E-state index contributed by atoms with van der Waals surface area (Å²) < 4.78 is 0. The number of aromatic nitrogens is 1. The molecule has 156 valence electrons. The molecule has 1 fully saturated rings. The maximum Gasteiger partial charge on any atom is 0.224 e. The molecule has 0 aliphatic carbocycles. The number of hydrogen-bond acceptors (Lipinski definition) is 4. The number of hydrogen-bond donors (Lipinski definition) is 0. The fourth-order valence-electron chi connectivity index (χ4n) is 4.54. The molecule has 0 spiro atoms. The van der Waals surface area contributed by atoms with Crippen molar-refractivity contribution < 1.29 is 4.79 Å². The van der Waals surface area contributed by atoms with E-state index in [2.05, 4.69) is 59.7 Å². The number of amides is 1. The molecule has 4 rings (SSSR count). The summed E-state index contributed by atoms with van der Waals surface area (Å²) in [7, 11) is 0. The molecular formula is C25H29N3OS. The van der Waals surface area contributed by atoms with Crippen LogP contribution < -0.4 is 4.90 Å². The Morgan fingerprint density at radius 2 is 1.73 bits per heavy atom. The van der Waals surface area contributed by atoms with Crippen LogP contribution in [0.5, 0.6) is 0 Å². The standard InChI is InChI=1S/C25H29N3OS/c1-19-9-7-8-12-23(19)28(21(3)29)25(24-26-20(2)18-30-24)13-15-27(16-14-25)17-22-10-5-4-6-11-22/h4-12,18H,13-17H2,1-3H3. The Balaban J connectivity index is 1.68. The molecule has 0 atom stereocenters. The number of piperidine rings is 1. The molecular weight excluding hydrogens is 390 g/mol. The summed E-state index contributed by atoms with van der Waals surface area (Å²) in [6.45, 7) is 8.61. The van der Waals surface area contributed by atoms with Crippen LogP contribution in [0.1, 0.15) is 41.6 Å². The number of benzene rings is 2. The first-order valence-electron chi connectivity index (χ1n) is 10.5. The number of carbonyl (C=O) groups excluding carboxylic acids is 1. The fourth-order valence-corrected chi connectivity index (χ4v) is 5.59. The first-order chi connectivity index (χ1) is 14.5. The summed E-state index contributed by atoms with van der Waals surface area (Å²) in [5.41, 5.74) is 4.07. The molecule has 0 radical (unpaired) electrons. The number of para-hydroxylation sites is 1. The Hall–Kier alpha value is -2.50. The van der Waals surface area contributed by atoms with Gasteiger partial charge in [0.05, 0.1) is 0 Å². The molecule has 1 amide bonds. The Kier molecular flexibility index (Phi) is 6.02. The SMILES string of the molecule is CC(=O)N(c1ccccc1C)C1(c2nc(C)cs2)CCN(Cc2ccccc2)CC1. The second-order valence-electron chi connectivity index (χ2n) is 8.23. The van der Waals surface area contributed by atoms with Crippen molar-refractivity contribution in [3.8, 4) is 0 Å². The third-order valence-electron chi connectivity index (χ3n) is 6.05. The number of thiazole rings is 1. The van der Waals surface area contributed by atoms with Gasteiger partial charge in [0, 0.05) is 43.3 Å². The van der Waals surface area contributed by atoms with Crippen LogP contribution in [0.4, 0.5) is 5.69 Å². The topological polar surface area (TPSA) is 36.4 Å². The van der Waals surface area contributed by atoms with E-state index in [9.17, 15) is 4.79 Å². The van der Waals surface area contributed by atoms with Crippen LogP contribution in [0.3, 0.4) is 0 Å². The smallest absolute Gasteiger partial charge is 0.224 e. The number of nitrogens with zero attached hydrogens (tertiary/aromatic N) is 3. The maximum atomic E-state index is 13.0. The van der Waals surface area contributed by atoms with Gasteiger partial charge in [0.25, 0.3) is 0 Å². The van der Waals surface area contributed by atoms with E-state index in [1.807, 2.05) is 24.0 Å². The Labute approximate surface area is 183 Å². The van der Waals surface area contributed by atoms with E-state index in [0.29, 0.717) is 0 Å². The molecule has 0 bridgehead atoms. The van der Waals surface area contributed by atoms with Crippen molar-refractivity contribution in [3.63, 3.8) is 0 Å². The van der Waals surface area contributed by atoms with Gasteiger partial charge >= 0.3 is 0 Å². The van der Waals surface area contributed by atoms with E-state index >= 15 is 0 Å². The van der Waals surface area contributed by atoms with E-state index in [4.69, 9.17) is 4.98 Å². The molecule has 5 heteroatoms. The average molecular weight is 420 g/mol. The van der Waals surface area contributed by atoms with E-state index in [-0.39, 0.29) is 5.91 Å². The van der Waals surface area contributed by atoms with E-state index in [0.717, 1.165) is 54.4 Å². The van der Waals surface area contributed by atoms with Gasteiger partial charge in [0.2, 0.25) is 5.91 Å². The van der Waals surface area contributed by atoms with Crippen molar-refractivity contribution in [1.82, 2.24) is 9.88 Å². The lowest BCUT2D eigenvalue weighted by Crippen LogP contribution is -2.55. The second-order valence-corrected chi connectivity index (χ2v) is 9.09. The zero-order chi connectivity index (χ0) is 21.1. The van der Waals surface area contributed by atoms with E-state index in [1.54, 1.807) is 18.3 Å². The highest BCUT2D eigenvalue weighted by atomic mass is 32.1. The third kappa shape index (κ3) is 4.05. The summed E-state index contributed by atoms with van der Waals surface area (Å²) in [6, 6.07) is 18.8. The lowest BCUT2D eigenvalue weighted by Gasteiger charge is -2.47. The summed E-state index contributed by atoms with van der Waals surface area (Å²) >= 11 is 1.68. The molecule has 1 aromatic heterocycles. The normalized spacial score (nSPS) is 16.4. The zero-order valence-corrected chi connectivity index (χ0v) is 18.8. The van der Waals surface area contributed by atoms with Gasteiger partial charge in [-0.25, -0.2) is 4.98 Å². The molecule has 0 saturated carbocycles. The first kappa shape index (κ1) is 20.8. The average Bonchev–Trinajstić information content (AvgIpc) is 3.18. The predicted octanol–water partition coefficient (Wildman–Crippen LogP) is 5.30. The quantitative estimate of drug-likeness (QED) is 0.563. The third-order valence-corrected chi connectivity index (χ3v) is 7.20. The van der Waals surface area contributed by atoms with Crippen LogP contribution in [0.25, 0.3) is 0 Å². The first-order valence-corrected chi connectivity index (χ1v) is 11.4. The molecule has 1 saturated heterocycles. The van der Waals surface area contributed by atoms with Gasteiger partial charge in [-0.3, -0.25) is 14.6 Å². The molecule has 1 aliphatic heterocycles. The van der Waals surface area contributed by atoms with E-state index in [1.165, 1.54) is 5.56 Å². The summed E-state index contributed by atoms with van der Waals surface area (Å²) in [5, 5.41) is 3.15. The Morgan fingerprint density at radius 3 is 2.33 bits per heavy atom. The molecule has 0 unspecified atom stereocenters. The summed E-state index contributed by atoms with van der Waals surface area (Å²) in [4.78, 5) is 22.4. The lowest BCUT2D eigenvalue weighted by molar-refractivity contribution is -0.118. The van der Waals surface area contributed by atoms with E-state index < -0.39 is 5.54 Å². The van der Waals surface area contributed by atoms with Crippen LogP contribution in [0.15, 0.2) is 60.0 Å². The molecule has 3 aromatic rings. The molecule has 1 aliphatic rings. The minimum Gasteiger partial charge on any atom is -0.300 e.